The summed E-state index contributed by atoms with van der Waals surface area (Å²) in [5.74, 6) is -1.00. The van der Waals surface area contributed by atoms with E-state index in [4.69, 9.17) is 19.6 Å². The summed E-state index contributed by atoms with van der Waals surface area (Å²) in [6.07, 6.45) is -5.04. The first-order valence-corrected chi connectivity index (χ1v) is 13.8. The average Bonchev–Trinajstić information content (AvgIpc) is 2.91. The van der Waals surface area contributed by atoms with Gasteiger partial charge in [0.1, 0.15) is 24.2 Å². The third-order valence-corrected chi connectivity index (χ3v) is 6.25. The van der Waals surface area contributed by atoms with Crippen LogP contribution in [0.15, 0.2) is 47.9 Å². The summed E-state index contributed by atoms with van der Waals surface area (Å²) in [4.78, 5) is 11.8. The number of carbonyl (C=O) groups excluding carboxylic acids is 1. The minimum Gasteiger partial charge on any atom is -0.492 e. The van der Waals surface area contributed by atoms with Gasteiger partial charge in [-0.1, -0.05) is 18.2 Å². The zero-order valence-electron chi connectivity index (χ0n) is 24.2. The van der Waals surface area contributed by atoms with Crippen LogP contribution in [0.2, 0.25) is 0 Å². The maximum atomic E-state index is 14.4. The molecule has 2 aromatic rings. The molecule has 0 saturated carbocycles. The summed E-state index contributed by atoms with van der Waals surface area (Å²) in [5.41, 5.74) is -1.41. The van der Waals surface area contributed by atoms with Crippen LogP contribution >= 0.6 is 0 Å². The van der Waals surface area contributed by atoms with Crippen molar-refractivity contribution in [2.45, 2.75) is 64.5 Å². The standard InChI is InChI=1S/C29H36BF4N3O6/c1-28(2,3)43-27(38)36-13-15-41-20-10-7-18(8-11-20)25(22(30(39)40)17-29(32,33)34)19-9-12-23(21(16-19)26(31)35)37-24-6-4-5-14-42-24/h7-12,16,24,35,37,39-40H,4-6,13-15,17H2,1-3H3,(H,36,38)/b25-22+,35-26?. The van der Waals surface area contributed by atoms with Gasteiger partial charge in [0.05, 0.1) is 18.5 Å². The Bertz CT molecular complexity index is 1290. The van der Waals surface area contributed by atoms with Crippen LogP contribution in [0, 0.1) is 5.41 Å². The Morgan fingerprint density at radius 1 is 1.09 bits per heavy atom. The van der Waals surface area contributed by atoms with E-state index < -0.39 is 49.1 Å². The first-order valence-electron chi connectivity index (χ1n) is 13.8. The molecule has 0 aliphatic carbocycles. The van der Waals surface area contributed by atoms with Crippen molar-refractivity contribution < 1.29 is 46.6 Å². The number of rotatable bonds is 11. The molecule has 1 heterocycles. The highest BCUT2D eigenvalue weighted by Gasteiger charge is 2.35. The molecule has 1 aliphatic heterocycles. The van der Waals surface area contributed by atoms with E-state index >= 15 is 0 Å². The zero-order chi connectivity index (χ0) is 31.8. The van der Waals surface area contributed by atoms with Gasteiger partial charge < -0.3 is 34.9 Å². The Kier molecular flexibility index (Phi) is 11.6. The molecule has 5 N–H and O–H groups in total. The number of benzene rings is 2. The molecule has 1 unspecified atom stereocenters. The molecule has 1 amide bonds. The van der Waals surface area contributed by atoms with Gasteiger partial charge in [0.25, 0.3) is 0 Å². The minimum atomic E-state index is -4.79. The fraction of sp³-hybridized carbons (Fsp3) is 0.448. The third kappa shape index (κ3) is 10.9. The predicted molar refractivity (Wildman–Crippen MR) is 155 cm³/mol. The molecule has 0 bridgehead atoms. The van der Waals surface area contributed by atoms with Crippen molar-refractivity contribution in [2.75, 3.05) is 25.1 Å². The van der Waals surface area contributed by atoms with Crippen LogP contribution in [0.4, 0.5) is 28.0 Å². The summed E-state index contributed by atoms with van der Waals surface area (Å²) in [7, 11) is -2.48. The Morgan fingerprint density at radius 3 is 2.33 bits per heavy atom. The van der Waals surface area contributed by atoms with Crippen LogP contribution in [-0.4, -0.2) is 67.0 Å². The van der Waals surface area contributed by atoms with Crippen LogP contribution in [0.1, 0.15) is 63.1 Å². The van der Waals surface area contributed by atoms with Gasteiger partial charge in [-0.2, -0.15) is 17.6 Å². The van der Waals surface area contributed by atoms with E-state index in [1.54, 1.807) is 20.8 Å². The van der Waals surface area contributed by atoms with E-state index in [-0.39, 0.29) is 41.1 Å². The summed E-state index contributed by atoms with van der Waals surface area (Å²) >= 11 is 0. The van der Waals surface area contributed by atoms with Crippen molar-refractivity contribution in [3.63, 3.8) is 0 Å². The Morgan fingerprint density at radius 2 is 1.77 bits per heavy atom. The molecule has 1 aliphatic rings. The summed E-state index contributed by atoms with van der Waals surface area (Å²) in [5, 5.41) is 33.3. The van der Waals surface area contributed by atoms with Gasteiger partial charge in [0.15, 0.2) is 0 Å². The van der Waals surface area contributed by atoms with E-state index in [0.29, 0.717) is 18.8 Å². The average molecular weight is 609 g/mol. The Balaban J connectivity index is 1.91. The molecule has 0 spiro atoms. The normalized spacial score (nSPS) is 16.2. The molecule has 1 atom stereocenters. The molecule has 43 heavy (non-hydrogen) atoms. The van der Waals surface area contributed by atoms with Gasteiger partial charge in [-0.3, -0.25) is 5.41 Å². The highest BCUT2D eigenvalue weighted by atomic mass is 19.4. The number of hydrogen-bond donors (Lipinski definition) is 5. The number of alkyl halides is 3. The van der Waals surface area contributed by atoms with Crippen molar-refractivity contribution in [2.24, 2.45) is 0 Å². The Hall–Kier alpha value is -3.62. The van der Waals surface area contributed by atoms with Gasteiger partial charge in [0.2, 0.25) is 5.97 Å². The van der Waals surface area contributed by atoms with Crippen LogP contribution in [0.5, 0.6) is 5.75 Å². The predicted octanol–water partition coefficient (Wildman–Crippen LogP) is 5.59. The number of hydrogen-bond acceptors (Lipinski definition) is 8. The topological polar surface area (TPSA) is 133 Å². The number of halogens is 4. The lowest BCUT2D eigenvalue weighted by Gasteiger charge is -2.26. The summed E-state index contributed by atoms with van der Waals surface area (Å²) in [6, 6.07) is 9.80. The largest absolute Gasteiger partial charge is 0.492 e. The summed E-state index contributed by atoms with van der Waals surface area (Å²) in [6.45, 7) is 5.88. The number of allylic oxidation sites excluding steroid dienone is 1. The maximum absolute atomic E-state index is 14.4. The van der Waals surface area contributed by atoms with E-state index in [2.05, 4.69) is 10.6 Å². The van der Waals surface area contributed by atoms with Crippen LogP contribution in [-0.2, 0) is 9.47 Å². The van der Waals surface area contributed by atoms with Gasteiger partial charge in [-0.25, -0.2) is 4.79 Å². The molecule has 1 saturated heterocycles. The van der Waals surface area contributed by atoms with Crippen molar-refractivity contribution >= 4 is 30.4 Å². The molecule has 0 aromatic heterocycles. The first-order chi connectivity index (χ1) is 20.1. The molecular weight excluding hydrogens is 573 g/mol. The lowest BCUT2D eigenvalue weighted by atomic mass is 9.71. The fourth-order valence-electron chi connectivity index (χ4n) is 4.45. The van der Waals surface area contributed by atoms with Gasteiger partial charge in [-0.15, -0.1) is 0 Å². The smallest absolute Gasteiger partial charge is 0.485 e. The number of amides is 1. The van der Waals surface area contributed by atoms with Crippen molar-refractivity contribution in [3.05, 3.63) is 64.6 Å². The van der Waals surface area contributed by atoms with Crippen LogP contribution in [0.3, 0.4) is 0 Å². The maximum Gasteiger partial charge on any atom is 0.485 e. The van der Waals surface area contributed by atoms with Gasteiger partial charge >= 0.3 is 19.4 Å². The van der Waals surface area contributed by atoms with E-state index in [0.717, 1.165) is 12.8 Å². The van der Waals surface area contributed by atoms with E-state index in [1.165, 1.54) is 42.5 Å². The quantitative estimate of drug-likeness (QED) is 0.0971. The van der Waals surface area contributed by atoms with Gasteiger partial charge in [0, 0.05) is 12.3 Å². The van der Waals surface area contributed by atoms with E-state index in [9.17, 15) is 32.4 Å². The molecule has 234 valence electrons. The number of anilines is 1. The van der Waals surface area contributed by atoms with Crippen molar-refractivity contribution in [1.29, 1.82) is 5.41 Å². The molecule has 3 rings (SSSR count). The van der Waals surface area contributed by atoms with Crippen molar-refractivity contribution in [1.82, 2.24) is 5.32 Å². The lowest BCUT2D eigenvalue weighted by Crippen LogP contribution is -2.34. The van der Waals surface area contributed by atoms with Crippen molar-refractivity contribution in [3.8, 4) is 5.75 Å². The second-order valence-corrected chi connectivity index (χ2v) is 10.9. The first kappa shape index (κ1) is 33.9. The fourth-order valence-corrected chi connectivity index (χ4v) is 4.45. The summed E-state index contributed by atoms with van der Waals surface area (Å²) < 4.78 is 71.4. The zero-order valence-corrected chi connectivity index (χ0v) is 24.2. The second-order valence-electron chi connectivity index (χ2n) is 10.9. The molecule has 14 heteroatoms. The second kappa shape index (κ2) is 14.7. The number of alkyl carbamates (subject to hydrolysis) is 1. The number of carbonyl (C=O) groups is 1. The molecule has 2 aromatic carbocycles. The molecule has 9 nitrogen and oxygen atoms in total. The number of ether oxygens (including phenoxy) is 3. The lowest BCUT2D eigenvalue weighted by molar-refractivity contribution is -0.126. The molecule has 1 fully saturated rings. The SMILES string of the molecule is CC(C)(C)OC(=O)NCCOc1ccc(/C(=C(/CC(F)(F)F)B(O)O)c2ccc(NC3CCCCO3)c(C(=N)F)c2)cc1. The van der Waals surface area contributed by atoms with Crippen LogP contribution < -0.4 is 15.4 Å². The third-order valence-electron chi connectivity index (χ3n) is 6.25. The molecular formula is C29H36BF4N3O6. The minimum absolute atomic E-state index is 0.0371. The van der Waals surface area contributed by atoms with Crippen LogP contribution in [0.25, 0.3) is 5.57 Å². The van der Waals surface area contributed by atoms with E-state index in [1.807, 2.05) is 0 Å². The highest BCUT2D eigenvalue weighted by molar-refractivity contribution is 6.53. The Labute approximate surface area is 247 Å². The number of nitrogens with one attached hydrogen (secondary N) is 3. The van der Waals surface area contributed by atoms with Gasteiger partial charge in [-0.05, 0) is 86.5 Å². The highest BCUT2D eigenvalue weighted by Crippen LogP contribution is 2.36. The molecule has 0 radical (unpaired) electrons. The monoisotopic (exact) mass is 609 g/mol.